The van der Waals surface area contributed by atoms with E-state index in [4.69, 9.17) is 0 Å². The Morgan fingerprint density at radius 2 is 2.15 bits per heavy atom. The van der Waals surface area contributed by atoms with E-state index in [2.05, 4.69) is 44.0 Å². The van der Waals surface area contributed by atoms with E-state index in [0.717, 1.165) is 18.5 Å². The molecule has 0 aliphatic carbocycles. The first-order valence-corrected chi connectivity index (χ1v) is 4.92. The van der Waals surface area contributed by atoms with Crippen molar-refractivity contribution in [2.24, 2.45) is 0 Å². The van der Waals surface area contributed by atoms with Crippen molar-refractivity contribution in [1.29, 1.82) is 0 Å². The van der Waals surface area contributed by atoms with Crippen molar-refractivity contribution in [1.82, 2.24) is 4.98 Å². The minimum Gasteiger partial charge on any atom is -0.261 e. The van der Waals surface area contributed by atoms with Crippen LogP contribution in [0.1, 0.15) is 38.4 Å². The Hall–Kier alpha value is -1.11. The van der Waals surface area contributed by atoms with Gasteiger partial charge in [-0.05, 0) is 37.0 Å². The maximum atomic E-state index is 4.37. The average Bonchev–Trinajstić information content (AvgIpc) is 2.21. The molecule has 0 saturated carbocycles. The Morgan fingerprint density at radius 1 is 1.38 bits per heavy atom. The molecule has 0 radical (unpaired) electrons. The average molecular weight is 175 g/mol. The van der Waals surface area contributed by atoms with E-state index < -0.39 is 0 Å². The van der Waals surface area contributed by atoms with Gasteiger partial charge < -0.3 is 0 Å². The Bertz CT molecular complexity index is 282. The largest absolute Gasteiger partial charge is 0.261 e. The Balaban J connectivity index is 2.91. The van der Waals surface area contributed by atoms with Gasteiger partial charge in [0.15, 0.2) is 0 Å². The first kappa shape index (κ1) is 9.97. The lowest BCUT2D eigenvalue weighted by Gasteiger charge is -2.03. The molecule has 0 amide bonds. The molecule has 0 aliphatic heterocycles. The van der Waals surface area contributed by atoms with E-state index in [9.17, 15) is 0 Å². The molecule has 0 spiro atoms. The van der Waals surface area contributed by atoms with E-state index in [1.165, 1.54) is 11.1 Å². The van der Waals surface area contributed by atoms with Gasteiger partial charge in [0.05, 0.1) is 0 Å². The second-order valence-corrected chi connectivity index (χ2v) is 3.06. The smallest absolute Gasteiger partial charge is 0.0401 e. The number of rotatable bonds is 3. The van der Waals surface area contributed by atoms with Gasteiger partial charge >= 0.3 is 0 Å². The molecule has 1 heterocycles. The van der Waals surface area contributed by atoms with Crippen molar-refractivity contribution in [3.63, 3.8) is 0 Å². The molecule has 1 aromatic heterocycles. The van der Waals surface area contributed by atoms with Gasteiger partial charge in [-0.3, -0.25) is 4.98 Å². The van der Waals surface area contributed by atoms with Crippen LogP contribution in [0.15, 0.2) is 24.4 Å². The summed E-state index contributed by atoms with van der Waals surface area (Å²) in [5, 5.41) is 0. The summed E-state index contributed by atoms with van der Waals surface area (Å²) < 4.78 is 0. The molecule has 0 N–H and O–H groups in total. The predicted molar refractivity (Wildman–Crippen MR) is 57.6 cm³/mol. The number of pyridine rings is 1. The summed E-state index contributed by atoms with van der Waals surface area (Å²) >= 11 is 0. The standard InChI is InChI=1S/C12H17N/c1-4-10(5-2)11-7-8-12(6-3)13-9-11/h4,7-9H,5-6H2,1-3H3/b10-4+. The van der Waals surface area contributed by atoms with Gasteiger partial charge in [0, 0.05) is 11.9 Å². The van der Waals surface area contributed by atoms with Crippen molar-refractivity contribution in [3.05, 3.63) is 35.7 Å². The van der Waals surface area contributed by atoms with Gasteiger partial charge in [-0.15, -0.1) is 0 Å². The van der Waals surface area contributed by atoms with E-state index >= 15 is 0 Å². The molecule has 0 saturated heterocycles. The number of allylic oxidation sites excluding steroid dienone is 2. The zero-order valence-electron chi connectivity index (χ0n) is 8.67. The van der Waals surface area contributed by atoms with Crippen LogP contribution in [0.4, 0.5) is 0 Å². The van der Waals surface area contributed by atoms with Gasteiger partial charge in [0.25, 0.3) is 0 Å². The number of nitrogens with zero attached hydrogens (tertiary/aromatic N) is 1. The number of aryl methyl sites for hydroxylation is 1. The quantitative estimate of drug-likeness (QED) is 0.685. The molecule has 13 heavy (non-hydrogen) atoms. The molecule has 0 fully saturated rings. The highest BCUT2D eigenvalue weighted by Crippen LogP contribution is 2.16. The predicted octanol–water partition coefficient (Wildman–Crippen LogP) is 3.46. The summed E-state index contributed by atoms with van der Waals surface area (Å²) in [5.41, 5.74) is 3.78. The lowest BCUT2D eigenvalue weighted by Crippen LogP contribution is -1.89. The molecule has 0 atom stereocenters. The van der Waals surface area contributed by atoms with Crippen LogP contribution in [0.25, 0.3) is 5.57 Å². The van der Waals surface area contributed by atoms with Crippen LogP contribution >= 0.6 is 0 Å². The van der Waals surface area contributed by atoms with E-state index in [-0.39, 0.29) is 0 Å². The highest BCUT2D eigenvalue weighted by molar-refractivity contribution is 5.64. The molecule has 1 aromatic rings. The third-order valence-electron chi connectivity index (χ3n) is 2.29. The molecular formula is C12H17N. The molecule has 0 bridgehead atoms. The van der Waals surface area contributed by atoms with Gasteiger partial charge in [0.2, 0.25) is 0 Å². The van der Waals surface area contributed by atoms with Crippen molar-refractivity contribution >= 4 is 5.57 Å². The fourth-order valence-corrected chi connectivity index (χ4v) is 1.40. The van der Waals surface area contributed by atoms with Crippen molar-refractivity contribution in [2.45, 2.75) is 33.6 Å². The Morgan fingerprint density at radius 3 is 2.54 bits per heavy atom. The second-order valence-electron chi connectivity index (χ2n) is 3.06. The number of hydrogen-bond donors (Lipinski definition) is 0. The van der Waals surface area contributed by atoms with Crippen LogP contribution in [0.2, 0.25) is 0 Å². The van der Waals surface area contributed by atoms with Crippen LogP contribution in [-0.4, -0.2) is 4.98 Å². The van der Waals surface area contributed by atoms with Crippen LogP contribution in [0.5, 0.6) is 0 Å². The van der Waals surface area contributed by atoms with E-state index in [1.807, 2.05) is 6.20 Å². The molecule has 70 valence electrons. The van der Waals surface area contributed by atoms with Gasteiger partial charge in [-0.2, -0.15) is 0 Å². The van der Waals surface area contributed by atoms with Crippen LogP contribution in [0.3, 0.4) is 0 Å². The summed E-state index contributed by atoms with van der Waals surface area (Å²) in [6, 6.07) is 4.26. The van der Waals surface area contributed by atoms with E-state index in [0.29, 0.717) is 0 Å². The lowest BCUT2D eigenvalue weighted by molar-refractivity contribution is 1.03. The maximum absolute atomic E-state index is 4.37. The molecule has 0 unspecified atom stereocenters. The molecule has 0 aliphatic rings. The summed E-state index contributed by atoms with van der Waals surface area (Å²) in [7, 11) is 0. The summed E-state index contributed by atoms with van der Waals surface area (Å²) in [5.74, 6) is 0. The Kier molecular flexibility index (Phi) is 3.69. The van der Waals surface area contributed by atoms with Crippen LogP contribution < -0.4 is 0 Å². The zero-order valence-corrected chi connectivity index (χ0v) is 8.67. The minimum atomic E-state index is 1.01. The molecule has 1 heteroatoms. The lowest BCUT2D eigenvalue weighted by atomic mass is 10.1. The number of hydrogen-bond acceptors (Lipinski definition) is 1. The van der Waals surface area contributed by atoms with Crippen molar-refractivity contribution in [2.75, 3.05) is 0 Å². The first-order valence-electron chi connectivity index (χ1n) is 4.92. The van der Waals surface area contributed by atoms with Gasteiger partial charge in [-0.25, -0.2) is 0 Å². The molecule has 0 aromatic carbocycles. The third-order valence-corrected chi connectivity index (χ3v) is 2.29. The summed E-state index contributed by atoms with van der Waals surface area (Å²) in [4.78, 5) is 4.37. The van der Waals surface area contributed by atoms with E-state index in [1.54, 1.807) is 0 Å². The second kappa shape index (κ2) is 4.80. The number of aromatic nitrogens is 1. The monoisotopic (exact) mass is 175 g/mol. The maximum Gasteiger partial charge on any atom is 0.0401 e. The van der Waals surface area contributed by atoms with Gasteiger partial charge in [0.1, 0.15) is 0 Å². The Labute approximate surface area is 80.5 Å². The van der Waals surface area contributed by atoms with Crippen molar-refractivity contribution < 1.29 is 0 Å². The highest BCUT2D eigenvalue weighted by atomic mass is 14.7. The molecule has 1 nitrogen and oxygen atoms in total. The molecular weight excluding hydrogens is 158 g/mol. The van der Waals surface area contributed by atoms with Gasteiger partial charge in [-0.1, -0.05) is 26.0 Å². The molecule has 1 rings (SSSR count). The van der Waals surface area contributed by atoms with Crippen LogP contribution in [0, 0.1) is 0 Å². The summed E-state index contributed by atoms with van der Waals surface area (Å²) in [6.07, 6.45) is 6.21. The fraction of sp³-hybridized carbons (Fsp3) is 0.417. The van der Waals surface area contributed by atoms with Crippen LogP contribution in [-0.2, 0) is 6.42 Å². The minimum absolute atomic E-state index is 1.01. The normalized spacial score (nSPS) is 11.8. The third kappa shape index (κ3) is 2.41. The highest BCUT2D eigenvalue weighted by Gasteiger charge is 1.97. The zero-order chi connectivity index (χ0) is 9.68. The SMILES string of the molecule is C/C=C(\CC)c1ccc(CC)nc1. The summed E-state index contributed by atoms with van der Waals surface area (Å²) in [6.45, 7) is 6.37. The van der Waals surface area contributed by atoms with Crippen molar-refractivity contribution in [3.8, 4) is 0 Å². The fourth-order valence-electron chi connectivity index (χ4n) is 1.40. The first-order chi connectivity index (χ1) is 6.31. The topological polar surface area (TPSA) is 12.9 Å².